The minimum atomic E-state index is -0.204. The first-order valence-electron chi connectivity index (χ1n) is 8.47. The molecule has 1 fully saturated rings. The van der Waals surface area contributed by atoms with E-state index in [-0.39, 0.29) is 5.91 Å². The lowest BCUT2D eigenvalue weighted by atomic mass is 10.2. The molecule has 0 radical (unpaired) electrons. The van der Waals surface area contributed by atoms with Gasteiger partial charge in [-0.1, -0.05) is 30.3 Å². The summed E-state index contributed by atoms with van der Waals surface area (Å²) < 4.78 is 0. The van der Waals surface area contributed by atoms with E-state index in [4.69, 9.17) is 0 Å². The summed E-state index contributed by atoms with van der Waals surface area (Å²) in [5.41, 5.74) is 1.58. The molecule has 2 heterocycles. The third kappa shape index (κ3) is 4.35. The second-order valence-corrected chi connectivity index (χ2v) is 6.23. The molecule has 0 unspecified atom stereocenters. The summed E-state index contributed by atoms with van der Waals surface area (Å²) in [7, 11) is 3.82. The van der Waals surface area contributed by atoms with Crippen molar-refractivity contribution in [3.63, 3.8) is 0 Å². The van der Waals surface area contributed by atoms with Crippen molar-refractivity contribution in [1.29, 1.82) is 0 Å². The smallest absolute Gasteiger partial charge is 0.248 e. The van der Waals surface area contributed by atoms with Crippen LogP contribution < -0.4 is 15.1 Å². The number of carbonyl (C=O) groups excluding carboxylic acids is 1. The van der Waals surface area contributed by atoms with E-state index >= 15 is 0 Å². The van der Waals surface area contributed by atoms with Gasteiger partial charge in [0.05, 0.1) is 6.20 Å². The van der Waals surface area contributed by atoms with Crippen LogP contribution in [0.5, 0.6) is 0 Å². The number of aromatic nitrogens is 2. The van der Waals surface area contributed by atoms with E-state index in [1.54, 1.807) is 12.3 Å². The van der Waals surface area contributed by atoms with Crippen LogP contribution in [-0.4, -0.2) is 43.1 Å². The van der Waals surface area contributed by atoms with E-state index in [2.05, 4.69) is 20.2 Å². The van der Waals surface area contributed by atoms with E-state index in [0.717, 1.165) is 24.6 Å². The molecule has 1 N–H and O–H groups in total. The summed E-state index contributed by atoms with van der Waals surface area (Å²) in [4.78, 5) is 25.3. The Balaban J connectivity index is 1.74. The first-order chi connectivity index (χ1) is 12.1. The molecule has 1 aromatic carbocycles. The summed E-state index contributed by atoms with van der Waals surface area (Å²) in [6, 6.07) is 9.71. The lowest BCUT2D eigenvalue weighted by Gasteiger charge is -2.20. The summed E-state index contributed by atoms with van der Waals surface area (Å²) >= 11 is 0. The van der Waals surface area contributed by atoms with Crippen molar-refractivity contribution in [2.75, 3.05) is 42.3 Å². The minimum absolute atomic E-state index is 0.204. The van der Waals surface area contributed by atoms with Gasteiger partial charge < -0.3 is 15.1 Å². The fourth-order valence-corrected chi connectivity index (χ4v) is 2.77. The quantitative estimate of drug-likeness (QED) is 0.850. The zero-order chi connectivity index (χ0) is 17.6. The average molecular weight is 337 g/mol. The Labute approximate surface area is 148 Å². The summed E-state index contributed by atoms with van der Waals surface area (Å²) in [5.74, 6) is 1.22. The maximum atomic E-state index is 12.2. The van der Waals surface area contributed by atoms with Crippen LogP contribution in [0.25, 0.3) is 6.08 Å². The van der Waals surface area contributed by atoms with Gasteiger partial charge >= 0.3 is 0 Å². The molecule has 0 aliphatic carbocycles. The normalized spacial score (nSPS) is 14.1. The van der Waals surface area contributed by atoms with Crippen molar-refractivity contribution in [2.45, 2.75) is 12.8 Å². The topological polar surface area (TPSA) is 61.4 Å². The van der Waals surface area contributed by atoms with Gasteiger partial charge in [0.1, 0.15) is 5.69 Å². The van der Waals surface area contributed by atoms with E-state index in [0.29, 0.717) is 11.5 Å². The zero-order valence-electron chi connectivity index (χ0n) is 14.6. The van der Waals surface area contributed by atoms with Gasteiger partial charge in [0.15, 0.2) is 5.82 Å². The first-order valence-corrected chi connectivity index (χ1v) is 8.47. The Morgan fingerprint density at radius 1 is 1.20 bits per heavy atom. The van der Waals surface area contributed by atoms with Gasteiger partial charge in [0.25, 0.3) is 0 Å². The van der Waals surface area contributed by atoms with Gasteiger partial charge in [-0.2, -0.15) is 4.98 Å². The van der Waals surface area contributed by atoms with Crippen molar-refractivity contribution in [2.24, 2.45) is 0 Å². The Bertz CT molecular complexity index is 752. The van der Waals surface area contributed by atoms with Gasteiger partial charge in [-0.05, 0) is 24.5 Å². The molecule has 1 saturated heterocycles. The molecule has 0 bridgehead atoms. The van der Waals surface area contributed by atoms with Crippen LogP contribution in [0.15, 0.2) is 42.6 Å². The van der Waals surface area contributed by atoms with Crippen LogP contribution in [0, 0.1) is 0 Å². The second-order valence-electron chi connectivity index (χ2n) is 6.23. The average Bonchev–Trinajstić information content (AvgIpc) is 3.16. The standard InChI is InChI=1S/C19H23N5O/c1-23(2)18-16(14-20-19(22-18)24-12-6-7-13-24)21-17(25)11-10-15-8-4-3-5-9-15/h3-5,8-11,14H,6-7,12-13H2,1-2H3,(H,21,25)/b11-10+. The molecule has 2 aromatic rings. The third-order valence-electron chi connectivity index (χ3n) is 4.05. The lowest BCUT2D eigenvalue weighted by molar-refractivity contribution is -0.111. The maximum absolute atomic E-state index is 12.2. The molecular formula is C19H23N5O. The van der Waals surface area contributed by atoms with Gasteiger partial charge in [0, 0.05) is 33.3 Å². The van der Waals surface area contributed by atoms with Crippen LogP contribution in [0.3, 0.4) is 0 Å². The number of nitrogens with one attached hydrogen (secondary N) is 1. The van der Waals surface area contributed by atoms with Crippen molar-refractivity contribution in [1.82, 2.24) is 9.97 Å². The maximum Gasteiger partial charge on any atom is 0.248 e. The Hall–Kier alpha value is -2.89. The van der Waals surface area contributed by atoms with E-state index in [1.165, 1.54) is 18.9 Å². The number of amides is 1. The van der Waals surface area contributed by atoms with Crippen LogP contribution in [0.4, 0.5) is 17.5 Å². The van der Waals surface area contributed by atoms with Gasteiger partial charge in [-0.15, -0.1) is 0 Å². The summed E-state index contributed by atoms with van der Waals surface area (Å²) in [6.45, 7) is 1.97. The molecule has 0 atom stereocenters. The molecule has 1 aliphatic rings. The van der Waals surface area contributed by atoms with Gasteiger partial charge in [-0.3, -0.25) is 4.79 Å². The molecular weight excluding hydrogens is 314 g/mol. The SMILES string of the molecule is CN(C)c1nc(N2CCCC2)ncc1NC(=O)/C=C/c1ccccc1. The molecule has 1 aromatic heterocycles. The number of carbonyl (C=O) groups is 1. The van der Waals surface area contributed by atoms with Crippen LogP contribution in [0.2, 0.25) is 0 Å². The van der Waals surface area contributed by atoms with Crippen LogP contribution in [-0.2, 0) is 4.79 Å². The number of hydrogen-bond donors (Lipinski definition) is 1. The zero-order valence-corrected chi connectivity index (χ0v) is 14.6. The highest BCUT2D eigenvalue weighted by atomic mass is 16.1. The van der Waals surface area contributed by atoms with Crippen molar-refractivity contribution in [3.05, 3.63) is 48.2 Å². The molecule has 0 spiro atoms. The Morgan fingerprint density at radius 3 is 2.60 bits per heavy atom. The number of hydrogen-bond acceptors (Lipinski definition) is 5. The minimum Gasteiger partial charge on any atom is -0.361 e. The number of benzene rings is 1. The monoisotopic (exact) mass is 337 g/mol. The van der Waals surface area contributed by atoms with Gasteiger partial charge in [-0.25, -0.2) is 4.98 Å². The highest BCUT2D eigenvalue weighted by Gasteiger charge is 2.18. The highest BCUT2D eigenvalue weighted by Crippen LogP contribution is 2.25. The fourth-order valence-electron chi connectivity index (χ4n) is 2.77. The lowest BCUT2D eigenvalue weighted by Crippen LogP contribution is -2.23. The highest BCUT2D eigenvalue weighted by molar-refractivity contribution is 6.03. The number of rotatable bonds is 5. The third-order valence-corrected chi connectivity index (χ3v) is 4.05. The Kier molecular flexibility index (Phi) is 5.28. The van der Waals surface area contributed by atoms with Gasteiger partial charge in [0.2, 0.25) is 11.9 Å². The second kappa shape index (κ2) is 7.79. The first kappa shape index (κ1) is 17.0. The molecule has 1 aliphatic heterocycles. The van der Waals surface area contributed by atoms with Crippen molar-refractivity contribution in [3.8, 4) is 0 Å². The largest absolute Gasteiger partial charge is 0.361 e. The van der Waals surface area contributed by atoms with Crippen molar-refractivity contribution >= 4 is 29.4 Å². The molecule has 6 heteroatoms. The molecule has 6 nitrogen and oxygen atoms in total. The number of anilines is 3. The predicted octanol–water partition coefficient (Wildman–Crippen LogP) is 2.79. The van der Waals surface area contributed by atoms with Crippen LogP contribution >= 0.6 is 0 Å². The predicted molar refractivity (Wildman–Crippen MR) is 102 cm³/mol. The number of nitrogens with zero attached hydrogens (tertiary/aromatic N) is 4. The van der Waals surface area contributed by atoms with E-state index < -0.39 is 0 Å². The van der Waals surface area contributed by atoms with E-state index in [1.807, 2.05) is 49.3 Å². The van der Waals surface area contributed by atoms with E-state index in [9.17, 15) is 4.79 Å². The summed E-state index contributed by atoms with van der Waals surface area (Å²) in [5, 5.41) is 2.87. The Morgan fingerprint density at radius 2 is 1.92 bits per heavy atom. The van der Waals surface area contributed by atoms with Crippen molar-refractivity contribution < 1.29 is 4.79 Å². The van der Waals surface area contributed by atoms with Crippen LogP contribution in [0.1, 0.15) is 18.4 Å². The fraction of sp³-hybridized carbons (Fsp3) is 0.316. The summed E-state index contributed by atoms with van der Waals surface area (Å²) in [6.07, 6.45) is 7.32. The molecule has 1 amide bonds. The molecule has 3 rings (SSSR count). The molecule has 130 valence electrons. The molecule has 25 heavy (non-hydrogen) atoms. The molecule has 0 saturated carbocycles.